The molecule has 0 saturated heterocycles. The van der Waals surface area contributed by atoms with Crippen LogP contribution in [0.25, 0.3) is 0 Å². The molecule has 1 aliphatic rings. The van der Waals surface area contributed by atoms with Crippen LogP contribution in [0.15, 0.2) is 18.2 Å². The van der Waals surface area contributed by atoms with E-state index in [1.165, 1.54) is 24.0 Å². The molecule has 0 aromatic heterocycles. The minimum Gasteiger partial charge on any atom is -0.494 e. The Hall–Kier alpha value is -0.980. The van der Waals surface area contributed by atoms with Gasteiger partial charge in [0.05, 0.1) is 6.61 Å². The Bertz CT molecular complexity index is 300. The molecule has 0 atom stereocenters. The molecule has 0 radical (unpaired) electrons. The zero-order chi connectivity index (χ0) is 9.26. The van der Waals surface area contributed by atoms with Gasteiger partial charge < -0.3 is 4.74 Å². The summed E-state index contributed by atoms with van der Waals surface area (Å²) in [4.78, 5) is 0. The van der Waals surface area contributed by atoms with Gasteiger partial charge in [-0.05, 0) is 55.9 Å². The second-order valence-corrected chi connectivity index (χ2v) is 3.73. The van der Waals surface area contributed by atoms with Gasteiger partial charge in [-0.1, -0.05) is 6.07 Å². The van der Waals surface area contributed by atoms with Gasteiger partial charge in [0, 0.05) is 0 Å². The van der Waals surface area contributed by atoms with Crippen molar-refractivity contribution in [2.75, 3.05) is 6.61 Å². The first-order chi connectivity index (χ1) is 6.31. The van der Waals surface area contributed by atoms with E-state index in [-0.39, 0.29) is 0 Å². The van der Waals surface area contributed by atoms with Gasteiger partial charge in [-0.2, -0.15) is 0 Å². The normalized spacial score (nSPS) is 15.8. The van der Waals surface area contributed by atoms with Crippen molar-refractivity contribution in [2.45, 2.75) is 32.6 Å². The van der Waals surface area contributed by atoms with Gasteiger partial charge in [0.1, 0.15) is 5.75 Å². The van der Waals surface area contributed by atoms with Crippen LogP contribution >= 0.6 is 0 Å². The molecule has 1 aliphatic carbocycles. The van der Waals surface area contributed by atoms with Gasteiger partial charge in [-0.15, -0.1) is 0 Å². The maximum Gasteiger partial charge on any atom is 0.119 e. The Kier molecular flexibility index (Phi) is 2.26. The molecule has 0 heterocycles. The predicted octanol–water partition coefficient (Wildman–Crippen LogP) is 3.27. The molecule has 0 aliphatic heterocycles. The zero-order valence-electron chi connectivity index (χ0n) is 8.34. The number of aryl methyl sites for hydroxylation is 1. The summed E-state index contributed by atoms with van der Waals surface area (Å²) in [6, 6.07) is 6.46. The maximum absolute atomic E-state index is 5.44. The van der Waals surface area contributed by atoms with Crippen LogP contribution in [-0.2, 0) is 0 Å². The number of benzene rings is 1. The van der Waals surface area contributed by atoms with Crippen molar-refractivity contribution >= 4 is 0 Å². The van der Waals surface area contributed by atoms with Crippen LogP contribution < -0.4 is 4.74 Å². The van der Waals surface area contributed by atoms with Crippen LogP contribution in [0.2, 0.25) is 0 Å². The highest BCUT2D eigenvalue weighted by atomic mass is 16.5. The molecule has 0 amide bonds. The fourth-order valence-corrected chi connectivity index (χ4v) is 1.76. The van der Waals surface area contributed by atoms with E-state index in [0.717, 1.165) is 18.3 Å². The van der Waals surface area contributed by atoms with Crippen molar-refractivity contribution in [3.63, 3.8) is 0 Å². The summed E-state index contributed by atoms with van der Waals surface area (Å²) in [5.74, 6) is 1.85. The fraction of sp³-hybridized carbons (Fsp3) is 0.500. The average Bonchev–Trinajstić information content (AvgIpc) is 2.88. The molecular weight excluding hydrogens is 160 g/mol. The third kappa shape index (κ3) is 1.85. The van der Waals surface area contributed by atoms with E-state index in [0.29, 0.717) is 0 Å². The predicted molar refractivity (Wildman–Crippen MR) is 54.3 cm³/mol. The lowest BCUT2D eigenvalue weighted by Crippen LogP contribution is -1.93. The van der Waals surface area contributed by atoms with E-state index in [1.807, 2.05) is 6.92 Å². The topological polar surface area (TPSA) is 9.23 Å². The summed E-state index contributed by atoms with van der Waals surface area (Å²) < 4.78 is 5.44. The van der Waals surface area contributed by atoms with E-state index in [2.05, 4.69) is 25.1 Å². The zero-order valence-corrected chi connectivity index (χ0v) is 8.34. The van der Waals surface area contributed by atoms with E-state index in [4.69, 9.17) is 4.74 Å². The first kappa shape index (κ1) is 8.61. The molecule has 1 nitrogen and oxygen atoms in total. The monoisotopic (exact) mass is 176 g/mol. The van der Waals surface area contributed by atoms with E-state index < -0.39 is 0 Å². The molecular formula is C12H16O. The van der Waals surface area contributed by atoms with Gasteiger partial charge in [0.2, 0.25) is 0 Å². The first-order valence-corrected chi connectivity index (χ1v) is 5.04. The largest absolute Gasteiger partial charge is 0.494 e. The summed E-state index contributed by atoms with van der Waals surface area (Å²) in [7, 11) is 0. The molecule has 70 valence electrons. The Labute approximate surface area is 79.7 Å². The molecule has 13 heavy (non-hydrogen) atoms. The van der Waals surface area contributed by atoms with Gasteiger partial charge in [0.25, 0.3) is 0 Å². The number of hydrogen-bond acceptors (Lipinski definition) is 1. The van der Waals surface area contributed by atoms with E-state index in [1.54, 1.807) is 0 Å². The van der Waals surface area contributed by atoms with Gasteiger partial charge in [-0.3, -0.25) is 0 Å². The molecule has 2 rings (SSSR count). The Balaban J connectivity index is 2.21. The second-order valence-electron chi connectivity index (χ2n) is 3.73. The summed E-state index contributed by atoms with van der Waals surface area (Å²) in [6.45, 7) is 4.95. The highest BCUT2D eigenvalue weighted by Gasteiger charge is 2.24. The average molecular weight is 176 g/mol. The lowest BCUT2D eigenvalue weighted by atomic mass is 10.0. The molecule has 0 N–H and O–H groups in total. The van der Waals surface area contributed by atoms with Crippen molar-refractivity contribution in [1.82, 2.24) is 0 Å². The summed E-state index contributed by atoms with van der Waals surface area (Å²) in [5, 5.41) is 0. The highest BCUT2D eigenvalue weighted by molar-refractivity contribution is 5.38. The third-order valence-corrected chi connectivity index (χ3v) is 2.57. The van der Waals surface area contributed by atoms with Crippen molar-refractivity contribution in [3.8, 4) is 5.75 Å². The molecule has 0 unspecified atom stereocenters. The Morgan fingerprint density at radius 3 is 2.69 bits per heavy atom. The van der Waals surface area contributed by atoms with Gasteiger partial charge in [0.15, 0.2) is 0 Å². The molecule has 1 heteroatoms. The van der Waals surface area contributed by atoms with Crippen LogP contribution in [0.4, 0.5) is 0 Å². The quantitative estimate of drug-likeness (QED) is 0.686. The summed E-state index contributed by atoms with van der Waals surface area (Å²) in [5.41, 5.74) is 2.90. The summed E-state index contributed by atoms with van der Waals surface area (Å²) >= 11 is 0. The summed E-state index contributed by atoms with van der Waals surface area (Å²) in [6.07, 6.45) is 2.74. The van der Waals surface area contributed by atoms with Crippen LogP contribution in [-0.4, -0.2) is 6.61 Å². The van der Waals surface area contributed by atoms with Gasteiger partial charge >= 0.3 is 0 Å². The van der Waals surface area contributed by atoms with Crippen molar-refractivity contribution < 1.29 is 4.74 Å². The first-order valence-electron chi connectivity index (χ1n) is 5.04. The Morgan fingerprint density at radius 1 is 1.38 bits per heavy atom. The maximum atomic E-state index is 5.44. The minimum atomic E-state index is 0.752. The highest BCUT2D eigenvalue weighted by Crippen LogP contribution is 2.42. The van der Waals surface area contributed by atoms with E-state index >= 15 is 0 Å². The minimum absolute atomic E-state index is 0.752. The van der Waals surface area contributed by atoms with Crippen LogP contribution in [0.1, 0.15) is 36.8 Å². The number of hydrogen-bond donors (Lipinski definition) is 0. The molecule has 1 saturated carbocycles. The van der Waals surface area contributed by atoms with Crippen molar-refractivity contribution in [2.24, 2.45) is 0 Å². The Morgan fingerprint density at radius 2 is 2.15 bits per heavy atom. The molecule has 0 bridgehead atoms. The third-order valence-electron chi connectivity index (χ3n) is 2.57. The van der Waals surface area contributed by atoms with Crippen molar-refractivity contribution in [3.05, 3.63) is 29.3 Å². The number of rotatable bonds is 3. The molecule has 0 spiro atoms. The van der Waals surface area contributed by atoms with Crippen molar-refractivity contribution in [1.29, 1.82) is 0 Å². The number of ether oxygens (including phenoxy) is 1. The molecule has 1 aromatic carbocycles. The lowest BCUT2D eigenvalue weighted by molar-refractivity contribution is 0.340. The molecule has 1 fully saturated rings. The van der Waals surface area contributed by atoms with E-state index in [9.17, 15) is 0 Å². The molecule has 1 aromatic rings. The lowest BCUT2D eigenvalue weighted by Gasteiger charge is -2.07. The second kappa shape index (κ2) is 3.41. The van der Waals surface area contributed by atoms with Crippen LogP contribution in [0.3, 0.4) is 0 Å². The fourth-order valence-electron chi connectivity index (χ4n) is 1.76. The standard InChI is InChI=1S/C12H16O/c1-3-13-11-6-7-12(9(2)8-11)10-4-5-10/h6-8,10H,3-5H2,1-2H3. The SMILES string of the molecule is CCOc1ccc(C2CC2)c(C)c1. The van der Waals surface area contributed by atoms with Crippen LogP contribution in [0, 0.1) is 6.92 Å². The van der Waals surface area contributed by atoms with Crippen LogP contribution in [0.5, 0.6) is 5.75 Å². The van der Waals surface area contributed by atoms with Gasteiger partial charge in [-0.25, -0.2) is 0 Å². The smallest absolute Gasteiger partial charge is 0.119 e.